The van der Waals surface area contributed by atoms with Crippen molar-refractivity contribution in [1.29, 1.82) is 0 Å². The molecule has 0 saturated carbocycles. The van der Waals surface area contributed by atoms with Crippen molar-refractivity contribution in [1.82, 2.24) is 4.31 Å². The number of nitrogens with one attached hydrogen (secondary N) is 1. The fourth-order valence-corrected chi connectivity index (χ4v) is 3.89. The molecule has 2 rings (SSSR count). The molecular formula is C20H26FN3O3S. The van der Waals surface area contributed by atoms with Crippen molar-refractivity contribution in [2.75, 3.05) is 30.3 Å². The number of para-hydroxylation sites is 1. The van der Waals surface area contributed by atoms with Crippen LogP contribution in [0.5, 0.6) is 0 Å². The molecule has 0 bridgehead atoms. The van der Waals surface area contributed by atoms with Crippen LogP contribution in [0.2, 0.25) is 0 Å². The summed E-state index contributed by atoms with van der Waals surface area (Å²) in [6, 6.07) is 10.8. The van der Waals surface area contributed by atoms with Gasteiger partial charge in [-0.25, -0.2) is 8.70 Å². The Labute approximate surface area is 166 Å². The van der Waals surface area contributed by atoms with Crippen molar-refractivity contribution in [3.8, 4) is 0 Å². The number of nitrogens with zero attached hydrogens (tertiary/aromatic N) is 2. The van der Waals surface area contributed by atoms with Gasteiger partial charge in [0.2, 0.25) is 5.91 Å². The normalized spacial score (nSPS) is 11.5. The predicted molar refractivity (Wildman–Crippen MR) is 110 cm³/mol. The van der Waals surface area contributed by atoms with Gasteiger partial charge in [-0.05, 0) is 48.2 Å². The van der Waals surface area contributed by atoms with Crippen LogP contribution >= 0.6 is 0 Å². The molecule has 152 valence electrons. The van der Waals surface area contributed by atoms with Gasteiger partial charge in [0, 0.05) is 19.8 Å². The summed E-state index contributed by atoms with van der Waals surface area (Å²) in [7, 11) is -1.18. The summed E-state index contributed by atoms with van der Waals surface area (Å²) in [4.78, 5) is 12.8. The molecular weight excluding hydrogens is 381 g/mol. The molecule has 8 heteroatoms. The van der Waals surface area contributed by atoms with Gasteiger partial charge >= 0.3 is 10.2 Å². The van der Waals surface area contributed by atoms with Crippen molar-refractivity contribution >= 4 is 27.5 Å². The van der Waals surface area contributed by atoms with Crippen LogP contribution in [0.15, 0.2) is 42.5 Å². The van der Waals surface area contributed by atoms with Crippen LogP contribution in [-0.4, -0.2) is 39.3 Å². The molecule has 0 fully saturated rings. The van der Waals surface area contributed by atoms with Gasteiger partial charge in [0.1, 0.15) is 12.4 Å². The van der Waals surface area contributed by atoms with E-state index in [-0.39, 0.29) is 5.69 Å². The SMILES string of the molecule is CCc1cccc(CC)c1NC(=O)CN(c1ccc(F)cc1)S(=O)(=O)N(C)C. The summed E-state index contributed by atoms with van der Waals surface area (Å²) in [5.74, 6) is -0.954. The first-order chi connectivity index (χ1) is 13.2. The topological polar surface area (TPSA) is 69.7 Å². The zero-order valence-electron chi connectivity index (χ0n) is 16.6. The maximum atomic E-state index is 13.3. The van der Waals surface area contributed by atoms with Gasteiger partial charge < -0.3 is 5.32 Å². The van der Waals surface area contributed by atoms with E-state index in [1.807, 2.05) is 32.0 Å². The number of carbonyl (C=O) groups excluding carboxylic acids is 1. The quantitative estimate of drug-likeness (QED) is 0.731. The number of hydrogen-bond donors (Lipinski definition) is 1. The van der Waals surface area contributed by atoms with E-state index in [2.05, 4.69) is 5.32 Å². The molecule has 0 unspecified atom stereocenters. The zero-order valence-corrected chi connectivity index (χ0v) is 17.4. The zero-order chi connectivity index (χ0) is 20.9. The van der Waals surface area contributed by atoms with E-state index in [0.29, 0.717) is 0 Å². The van der Waals surface area contributed by atoms with Gasteiger partial charge in [-0.3, -0.25) is 4.79 Å². The Hall–Kier alpha value is -2.45. The average molecular weight is 408 g/mol. The van der Waals surface area contributed by atoms with Crippen molar-refractivity contribution in [2.24, 2.45) is 0 Å². The van der Waals surface area contributed by atoms with Crippen LogP contribution in [0.25, 0.3) is 0 Å². The molecule has 1 N–H and O–H groups in total. The number of benzene rings is 2. The van der Waals surface area contributed by atoms with E-state index in [9.17, 15) is 17.6 Å². The lowest BCUT2D eigenvalue weighted by atomic mass is 10.0. The largest absolute Gasteiger partial charge is 0.324 e. The summed E-state index contributed by atoms with van der Waals surface area (Å²) in [6.45, 7) is 3.56. The number of anilines is 2. The number of hydrogen-bond acceptors (Lipinski definition) is 3. The highest BCUT2D eigenvalue weighted by atomic mass is 32.2. The molecule has 0 saturated heterocycles. The minimum atomic E-state index is -3.94. The molecule has 0 aliphatic heterocycles. The first-order valence-electron chi connectivity index (χ1n) is 9.07. The van der Waals surface area contributed by atoms with Gasteiger partial charge in [-0.1, -0.05) is 32.0 Å². The molecule has 0 atom stereocenters. The highest BCUT2D eigenvalue weighted by Crippen LogP contribution is 2.24. The molecule has 0 aliphatic rings. The van der Waals surface area contributed by atoms with Gasteiger partial charge in [0.15, 0.2) is 0 Å². The lowest BCUT2D eigenvalue weighted by molar-refractivity contribution is -0.114. The lowest BCUT2D eigenvalue weighted by Crippen LogP contribution is -2.44. The smallest absolute Gasteiger partial charge is 0.304 e. The number of rotatable bonds is 8. The molecule has 1 amide bonds. The molecule has 6 nitrogen and oxygen atoms in total. The number of aryl methyl sites for hydroxylation is 2. The third-order valence-corrected chi connectivity index (χ3v) is 6.22. The maximum Gasteiger partial charge on any atom is 0.304 e. The summed E-state index contributed by atoms with van der Waals surface area (Å²) in [5.41, 5.74) is 2.90. The molecule has 28 heavy (non-hydrogen) atoms. The number of carbonyl (C=O) groups is 1. The van der Waals surface area contributed by atoms with E-state index >= 15 is 0 Å². The Kier molecular flexibility index (Phi) is 7.15. The Balaban J connectivity index is 2.35. The van der Waals surface area contributed by atoms with Gasteiger partial charge in [0.05, 0.1) is 5.69 Å². The first-order valence-corrected chi connectivity index (χ1v) is 10.5. The molecule has 2 aromatic carbocycles. The molecule has 0 aliphatic carbocycles. The highest BCUT2D eigenvalue weighted by Gasteiger charge is 2.27. The van der Waals surface area contributed by atoms with E-state index in [1.165, 1.54) is 26.2 Å². The maximum absolute atomic E-state index is 13.3. The van der Waals surface area contributed by atoms with Gasteiger partial charge in [0.25, 0.3) is 0 Å². The van der Waals surface area contributed by atoms with E-state index in [1.54, 1.807) is 0 Å². The number of amides is 1. The fourth-order valence-electron chi connectivity index (χ4n) is 2.82. The number of halogens is 1. The van der Waals surface area contributed by atoms with Crippen LogP contribution in [-0.2, 0) is 27.8 Å². The second kappa shape index (κ2) is 9.16. The first kappa shape index (κ1) is 21.8. The average Bonchev–Trinajstić information content (AvgIpc) is 2.66. The van der Waals surface area contributed by atoms with Crippen LogP contribution in [0.3, 0.4) is 0 Å². The van der Waals surface area contributed by atoms with Crippen molar-refractivity contribution in [3.05, 3.63) is 59.4 Å². The second-order valence-electron chi connectivity index (χ2n) is 6.48. The molecule has 0 heterocycles. The van der Waals surface area contributed by atoms with Crippen LogP contribution in [0, 0.1) is 5.82 Å². The summed E-state index contributed by atoms with van der Waals surface area (Å²) >= 11 is 0. The van der Waals surface area contributed by atoms with Crippen LogP contribution in [0.4, 0.5) is 15.8 Å². The highest BCUT2D eigenvalue weighted by molar-refractivity contribution is 7.90. The minimum Gasteiger partial charge on any atom is -0.324 e. The third-order valence-electron chi connectivity index (χ3n) is 4.41. The lowest BCUT2D eigenvalue weighted by Gasteiger charge is -2.27. The van der Waals surface area contributed by atoms with Crippen molar-refractivity contribution in [3.63, 3.8) is 0 Å². The Morgan fingerprint density at radius 3 is 2.00 bits per heavy atom. The predicted octanol–water partition coefficient (Wildman–Crippen LogP) is 3.20. The summed E-state index contributed by atoms with van der Waals surface area (Å²) in [6.07, 6.45) is 1.47. The van der Waals surface area contributed by atoms with E-state index in [4.69, 9.17) is 0 Å². The fraction of sp³-hybridized carbons (Fsp3) is 0.350. The Bertz CT molecular complexity index is 906. The van der Waals surface area contributed by atoms with Gasteiger partial charge in [-0.15, -0.1) is 0 Å². The molecule has 0 radical (unpaired) electrons. The molecule has 0 aromatic heterocycles. The van der Waals surface area contributed by atoms with E-state index < -0.39 is 28.5 Å². The third kappa shape index (κ3) is 4.88. The van der Waals surface area contributed by atoms with Crippen molar-refractivity contribution < 1.29 is 17.6 Å². The molecule has 2 aromatic rings. The van der Waals surface area contributed by atoms with Crippen LogP contribution < -0.4 is 9.62 Å². The standard InChI is InChI=1S/C20H26FN3O3S/c1-5-15-8-7-9-16(6-2)20(15)22-19(25)14-24(28(26,27)23(3)4)18-12-10-17(21)11-13-18/h7-13H,5-6,14H2,1-4H3,(H,22,25). The Morgan fingerprint density at radius 2 is 1.54 bits per heavy atom. The monoisotopic (exact) mass is 407 g/mol. The van der Waals surface area contributed by atoms with Crippen molar-refractivity contribution in [2.45, 2.75) is 26.7 Å². The molecule has 0 spiro atoms. The summed E-state index contributed by atoms with van der Waals surface area (Å²) in [5, 5.41) is 2.87. The van der Waals surface area contributed by atoms with E-state index in [0.717, 1.165) is 50.4 Å². The second-order valence-corrected chi connectivity index (χ2v) is 8.55. The summed E-state index contributed by atoms with van der Waals surface area (Å²) < 4.78 is 40.7. The van der Waals surface area contributed by atoms with Crippen LogP contribution in [0.1, 0.15) is 25.0 Å². The van der Waals surface area contributed by atoms with Gasteiger partial charge in [-0.2, -0.15) is 12.7 Å². The minimum absolute atomic E-state index is 0.213. The Morgan fingerprint density at radius 1 is 1.00 bits per heavy atom.